The number of nitrogens with one attached hydrogen (secondary N) is 2. The van der Waals surface area contributed by atoms with E-state index in [1.54, 1.807) is 16.9 Å². The Morgan fingerprint density at radius 1 is 1.40 bits per heavy atom. The van der Waals surface area contributed by atoms with Gasteiger partial charge in [0.15, 0.2) is 5.69 Å². The molecule has 0 radical (unpaired) electrons. The van der Waals surface area contributed by atoms with Crippen LogP contribution in [0, 0.1) is 12.7 Å². The van der Waals surface area contributed by atoms with Gasteiger partial charge in [0.1, 0.15) is 5.82 Å². The first-order chi connectivity index (χ1) is 11.6. The normalized spacial score (nSPS) is 14.8. The molecule has 8 heteroatoms. The number of aryl methyl sites for hydroxylation is 1. The van der Waals surface area contributed by atoms with Crippen molar-refractivity contribution in [2.75, 3.05) is 19.6 Å². The van der Waals surface area contributed by atoms with Gasteiger partial charge in [0.2, 0.25) is 0 Å². The molecule has 2 heterocycles. The summed E-state index contributed by atoms with van der Waals surface area (Å²) in [5.74, 6) is -0.468. The molecule has 0 spiro atoms. The first-order valence-electron chi connectivity index (χ1n) is 8.29. The number of nitrogens with zero attached hydrogens (tertiary/aromatic N) is 3. The third-order valence-corrected chi connectivity index (χ3v) is 4.41. The van der Waals surface area contributed by atoms with E-state index in [1.807, 2.05) is 6.92 Å². The van der Waals surface area contributed by atoms with Crippen LogP contribution in [0.1, 0.15) is 40.5 Å². The summed E-state index contributed by atoms with van der Waals surface area (Å²) in [7, 11) is 0. The molecule has 136 valence electrons. The molecule has 3 rings (SSSR count). The summed E-state index contributed by atoms with van der Waals surface area (Å²) >= 11 is 0. The van der Waals surface area contributed by atoms with E-state index in [0.717, 1.165) is 37.1 Å². The first-order valence-corrected chi connectivity index (χ1v) is 8.29. The van der Waals surface area contributed by atoms with E-state index in [0.29, 0.717) is 24.7 Å². The summed E-state index contributed by atoms with van der Waals surface area (Å²) < 4.78 is 14.9. The van der Waals surface area contributed by atoms with Gasteiger partial charge in [0.05, 0.1) is 12.2 Å². The number of carbonyl (C=O) groups excluding carboxylic acids is 1. The standard InChI is InChI=1S/C17H22FN5O.ClH/c1-12-10-14(18)3-2-13(12)4-9-20-17(24)16-11-23(22-21-16)15-5-7-19-8-6-15;/h2-3,10-11,15,19H,4-9H2,1H3,(H,20,24);1H. The molecule has 1 aromatic heterocycles. The second kappa shape index (κ2) is 8.92. The van der Waals surface area contributed by atoms with Gasteiger partial charge in [-0.1, -0.05) is 11.3 Å². The maximum absolute atomic E-state index is 13.1. The molecule has 0 unspecified atom stereocenters. The SMILES string of the molecule is Cc1cc(F)ccc1CCNC(=O)c1cn(C2CCNCC2)nn1.Cl. The molecule has 1 saturated heterocycles. The van der Waals surface area contributed by atoms with Crippen LogP contribution in [0.15, 0.2) is 24.4 Å². The van der Waals surface area contributed by atoms with Crippen LogP contribution in [0.4, 0.5) is 4.39 Å². The number of hydrogen-bond acceptors (Lipinski definition) is 4. The molecule has 0 aliphatic carbocycles. The maximum atomic E-state index is 13.1. The highest BCUT2D eigenvalue weighted by Crippen LogP contribution is 2.17. The van der Waals surface area contributed by atoms with Crippen molar-refractivity contribution in [3.05, 3.63) is 47.0 Å². The van der Waals surface area contributed by atoms with Gasteiger partial charge >= 0.3 is 0 Å². The number of amides is 1. The fourth-order valence-electron chi connectivity index (χ4n) is 2.97. The maximum Gasteiger partial charge on any atom is 0.273 e. The summed E-state index contributed by atoms with van der Waals surface area (Å²) in [4.78, 5) is 12.2. The molecule has 1 amide bonds. The molecule has 0 atom stereocenters. The summed E-state index contributed by atoms with van der Waals surface area (Å²) in [6.07, 6.45) is 4.36. The van der Waals surface area contributed by atoms with Crippen molar-refractivity contribution in [1.29, 1.82) is 0 Å². The van der Waals surface area contributed by atoms with Gasteiger partial charge in [-0.15, -0.1) is 17.5 Å². The van der Waals surface area contributed by atoms with Gasteiger partial charge in [0.25, 0.3) is 5.91 Å². The molecule has 1 aliphatic heterocycles. The lowest BCUT2D eigenvalue weighted by Crippen LogP contribution is -2.29. The molecule has 1 aromatic carbocycles. The Morgan fingerprint density at radius 2 is 2.16 bits per heavy atom. The minimum Gasteiger partial charge on any atom is -0.350 e. The van der Waals surface area contributed by atoms with Gasteiger partial charge in [0, 0.05) is 6.54 Å². The van der Waals surface area contributed by atoms with Crippen LogP contribution in [0.3, 0.4) is 0 Å². The van der Waals surface area contributed by atoms with E-state index in [9.17, 15) is 9.18 Å². The number of rotatable bonds is 5. The van der Waals surface area contributed by atoms with Gasteiger partial charge in [-0.3, -0.25) is 4.79 Å². The molecule has 2 aromatic rings. The second-order valence-electron chi connectivity index (χ2n) is 6.14. The average molecular weight is 368 g/mol. The van der Waals surface area contributed by atoms with Crippen LogP contribution in [0.2, 0.25) is 0 Å². The van der Waals surface area contributed by atoms with Crippen molar-refractivity contribution in [2.24, 2.45) is 0 Å². The number of hydrogen-bond donors (Lipinski definition) is 2. The predicted octanol–water partition coefficient (Wildman–Crippen LogP) is 2.04. The van der Waals surface area contributed by atoms with E-state index in [-0.39, 0.29) is 24.1 Å². The number of benzene rings is 1. The Labute approximate surface area is 152 Å². The Hall–Kier alpha value is -1.99. The zero-order valence-electron chi connectivity index (χ0n) is 14.2. The Kier molecular flexibility index (Phi) is 6.90. The lowest BCUT2D eigenvalue weighted by atomic mass is 10.1. The fraction of sp³-hybridized carbons (Fsp3) is 0.471. The van der Waals surface area contributed by atoms with Gasteiger partial charge in [-0.05, 0) is 62.5 Å². The number of piperidine rings is 1. The molecule has 2 N–H and O–H groups in total. The van der Waals surface area contributed by atoms with Crippen LogP contribution in [0.5, 0.6) is 0 Å². The highest BCUT2D eigenvalue weighted by atomic mass is 35.5. The molecule has 6 nitrogen and oxygen atoms in total. The van der Waals surface area contributed by atoms with Crippen molar-refractivity contribution in [1.82, 2.24) is 25.6 Å². The lowest BCUT2D eigenvalue weighted by molar-refractivity contribution is 0.0949. The predicted molar refractivity (Wildman–Crippen MR) is 95.6 cm³/mol. The van der Waals surface area contributed by atoms with Crippen LogP contribution >= 0.6 is 12.4 Å². The Morgan fingerprint density at radius 3 is 2.88 bits per heavy atom. The van der Waals surface area contributed by atoms with E-state index < -0.39 is 0 Å². The van der Waals surface area contributed by atoms with Crippen molar-refractivity contribution < 1.29 is 9.18 Å². The van der Waals surface area contributed by atoms with Crippen molar-refractivity contribution >= 4 is 18.3 Å². The van der Waals surface area contributed by atoms with Crippen molar-refractivity contribution in [2.45, 2.75) is 32.2 Å². The van der Waals surface area contributed by atoms with Gasteiger partial charge in [-0.2, -0.15) is 0 Å². The smallest absolute Gasteiger partial charge is 0.273 e. The molecular weight excluding hydrogens is 345 g/mol. The molecule has 25 heavy (non-hydrogen) atoms. The zero-order valence-corrected chi connectivity index (χ0v) is 15.0. The van der Waals surface area contributed by atoms with E-state index >= 15 is 0 Å². The van der Waals surface area contributed by atoms with E-state index in [1.165, 1.54) is 12.1 Å². The summed E-state index contributed by atoms with van der Waals surface area (Å²) in [6, 6.07) is 5.00. The quantitative estimate of drug-likeness (QED) is 0.848. The van der Waals surface area contributed by atoms with Crippen LogP contribution in [-0.2, 0) is 6.42 Å². The zero-order chi connectivity index (χ0) is 16.9. The monoisotopic (exact) mass is 367 g/mol. The summed E-state index contributed by atoms with van der Waals surface area (Å²) in [5, 5.41) is 14.2. The highest BCUT2D eigenvalue weighted by Gasteiger charge is 2.18. The second-order valence-corrected chi connectivity index (χ2v) is 6.14. The molecule has 0 saturated carbocycles. The van der Waals surface area contributed by atoms with E-state index in [4.69, 9.17) is 0 Å². The largest absolute Gasteiger partial charge is 0.350 e. The average Bonchev–Trinajstić information content (AvgIpc) is 3.08. The molecule has 0 bridgehead atoms. The number of aromatic nitrogens is 3. The third kappa shape index (κ3) is 4.99. The van der Waals surface area contributed by atoms with Crippen LogP contribution in [-0.4, -0.2) is 40.5 Å². The first kappa shape index (κ1) is 19.3. The van der Waals surface area contributed by atoms with Gasteiger partial charge < -0.3 is 10.6 Å². The molecule has 1 fully saturated rings. The molecular formula is C17H23ClFN5O. The Bertz CT molecular complexity index is 715. The highest BCUT2D eigenvalue weighted by molar-refractivity contribution is 5.91. The topological polar surface area (TPSA) is 71.8 Å². The fourth-order valence-corrected chi connectivity index (χ4v) is 2.97. The Balaban J connectivity index is 0.00000225. The van der Waals surface area contributed by atoms with Gasteiger partial charge in [-0.25, -0.2) is 9.07 Å². The third-order valence-electron chi connectivity index (χ3n) is 4.41. The van der Waals surface area contributed by atoms with Crippen molar-refractivity contribution in [3.8, 4) is 0 Å². The summed E-state index contributed by atoms with van der Waals surface area (Å²) in [6.45, 7) is 4.27. The van der Waals surface area contributed by atoms with Crippen molar-refractivity contribution in [3.63, 3.8) is 0 Å². The van der Waals surface area contributed by atoms with E-state index in [2.05, 4.69) is 20.9 Å². The lowest BCUT2D eigenvalue weighted by Gasteiger charge is -2.22. The minimum atomic E-state index is -0.241. The number of carbonyl (C=O) groups is 1. The molecule has 1 aliphatic rings. The number of halogens is 2. The van der Waals surface area contributed by atoms with Crippen LogP contribution in [0.25, 0.3) is 0 Å². The van der Waals surface area contributed by atoms with Crippen LogP contribution < -0.4 is 10.6 Å². The minimum absolute atomic E-state index is 0. The summed E-state index contributed by atoms with van der Waals surface area (Å²) in [5.41, 5.74) is 2.25.